The molecular weight excluding hydrogens is 741 g/mol. The number of aromatic nitrogens is 4. The average molecular weight is 779 g/mol. The fraction of sp³-hybridized carbons (Fsp3) is 0. The Labute approximate surface area is 354 Å². The van der Waals surface area contributed by atoms with Gasteiger partial charge in [-0.3, -0.25) is 0 Å². The van der Waals surface area contributed by atoms with Crippen LogP contribution in [0.1, 0.15) is 0 Å². The van der Waals surface area contributed by atoms with Crippen LogP contribution in [0.4, 0.5) is 0 Å². The molecule has 0 spiro atoms. The lowest BCUT2D eigenvalue weighted by Gasteiger charge is -2.18. The molecule has 61 heavy (non-hydrogen) atoms. The van der Waals surface area contributed by atoms with Crippen LogP contribution in [0.15, 0.2) is 231 Å². The van der Waals surface area contributed by atoms with Crippen molar-refractivity contribution >= 4 is 16.3 Å². The van der Waals surface area contributed by atoms with Crippen LogP contribution in [0.3, 0.4) is 0 Å². The predicted molar refractivity (Wildman–Crippen MR) is 252 cm³/mol. The topological polar surface area (TPSA) is 43.1 Å². The van der Waals surface area contributed by atoms with E-state index in [4.69, 9.17) is 15.1 Å². The number of hydrogen-bond donors (Lipinski definition) is 0. The Bertz CT molecular complexity index is 3250. The zero-order valence-corrected chi connectivity index (χ0v) is 33.2. The largest absolute Gasteiger partial charge is 0.231 e. The fourth-order valence-corrected chi connectivity index (χ4v) is 8.56. The summed E-state index contributed by atoms with van der Waals surface area (Å²) in [5.41, 5.74) is 16.8. The van der Waals surface area contributed by atoms with Crippen LogP contribution in [0.5, 0.6) is 0 Å². The summed E-state index contributed by atoms with van der Waals surface area (Å²) in [6, 6.07) is 80.9. The van der Waals surface area contributed by atoms with Crippen LogP contribution in [-0.4, -0.2) is 19.6 Å². The summed E-state index contributed by atoms with van der Waals surface area (Å²) in [7, 11) is 0. The van der Waals surface area contributed by atoms with Crippen molar-refractivity contribution in [2.45, 2.75) is 0 Å². The third-order valence-electron chi connectivity index (χ3n) is 11.4. The minimum Gasteiger partial charge on any atom is -0.231 e. The molecular formula is C57H38N4. The zero-order chi connectivity index (χ0) is 40.5. The quantitative estimate of drug-likeness (QED) is 0.154. The summed E-state index contributed by atoms with van der Waals surface area (Å²) < 4.78 is 2.20. The van der Waals surface area contributed by atoms with E-state index >= 15 is 0 Å². The number of hydrogen-bond acceptors (Lipinski definition) is 3. The van der Waals surface area contributed by atoms with E-state index in [1.165, 1.54) is 5.39 Å². The lowest BCUT2D eigenvalue weighted by molar-refractivity contribution is 0.981. The van der Waals surface area contributed by atoms with Crippen LogP contribution in [0.25, 0.3) is 106 Å². The number of pyridine rings is 1. The number of benzene rings is 8. The van der Waals surface area contributed by atoms with Crippen LogP contribution >= 0.6 is 0 Å². The number of nitrogens with zero attached hydrogens (tertiary/aromatic N) is 4. The molecule has 0 saturated heterocycles. The first-order valence-electron chi connectivity index (χ1n) is 20.6. The molecule has 0 atom stereocenters. The highest BCUT2D eigenvalue weighted by Crippen LogP contribution is 2.46. The Kier molecular flexibility index (Phi) is 9.14. The molecule has 0 fully saturated rings. The first-order valence-corrected chi connectivity index (χ1v) is 20.6. The molecule has 0 aliphatic heterocycles. The van der Waals surface area contributed by atoms with Crippen molar-refractivity contribution in [3.05, 3.63) is 231 Å². The van der Waals surface area contributed by atoms with Gasteiger partial charge in [0.1, 0.15) is 5.69 Å². The second-order valence-electron chi connectivity index (χ2n) is 15.2. The van der Waals surface area contributed by atoms with Crippen molar-refractivity contribution < 1.29 is 0 Å². The fourth-order valence-electron chi connectivity index (χ4n) is 8.56. The number of fused-ring (bicyclic) bond motifs is 3. The molecule has 8 aromatic carbocycles. The van der Waals surface area contributed by atoms with Gasteiger partial charge in [0.05, 0.1) is 22.6 Å². The molecule has 0 radical (unpaired) electrons. The second kappa shape index (κ2) is 15.5. The van der Waals surface area contributed by atoms with Gasteiger partial charge < -0.3 is 0 Å². The van der Waals surface area contributed by atoms with Crippen molar-refractivity contribution in [1.82, 2.24) is 19.6 Å². The minimum atomic E-state index is 0.691. The van der Waals surface area contributed by atoms with Crippen LogP contribution in [0, 0.1) is 0 Å². The number of rotatable bonds is 8. The maximum absolute atomic E-state index is 5.55. The first-order chi connectivity index (χ1) is 30.3. The van der Waals surface area contributed by atoms with E-state index in [-0.39, 0.29) is 0 Å². The summed E-state index contributed by atoms with van der Waals surface area (Å²) in [4.78, 5) is 10.2. The van der Waals surface area contributed by atoms with Gasteiger partial charge in [-0.25, -0.2) is 14.5 Å². The molecule has 0 amide bonds. The molecule has 3 heterocycles. The van der Waals surface area contributed by atoms with Crippen LogP contribution < -0.4 is 0 Å². The standard InChI is InChI=1S/C57H38N4/c1-6-19-40(20-7-1)50-38-51(41-21-8-2-9-22-41)59-57(58-50)45-35-33-39(34-36-45)46-29-18-30-47(37-46)52-48-31-16-17-32-49(48)56-53(42-23-10-3-11-24-42)54(43-25-12-4-13-26-43)60-61(56)55(52)44-27-14-5-15-28-44/h1-38H. The van der Waals surface area contributed by atoms with Crippen molar-refractivity contribution in [1.29, 1.82) is 0 Å². The van der Waals surface area contributed by atoms with Crippen molar-refractivity contribution in [3.63, 3.8) is 0 Å². The Morgan fingerprint density at radius 1 is 0.295 bits per heavy atom. The molecule has 0 aliphatic carbocycles. The molecule has 4 nitrogen and oxygen atoms in total. The lowest BCUT2D eigenvalue weighted by atomic mass is 9.90. The molecule has 0 aliphatic rings. The molecule has 4 heteroatoms. The molecule has 3 aromatic heterocycles. The predicted octanol–water partition coefficient (Wildman–Crippen LogP) is 14.6. The summed E-state index contributed by atoms with van der Waals surface area (Å²) in [6.07, 6.45) is 0. The van der Waals surface area contributed by atoms with Crippen LogP contribution in [0.2, 0.25) is 0 Å². The van der Waals surface area contributed by atoms with E-state index in [9.17, 15) is 0 Å². The average Bonchev–Trinajstić information content (AvgIpc) is 3.76. The maximum atomic E-state index is 5.55. The van der Waals surface area contributed by atoms with E-state index in [1.807, 2.05) is 36.4 Å². The zero-order valence-electron chi connectivity index (χ0n) is 33.2. The third-order valence-corrected chi connectivity index (χ3v) is 11.4. The molecule has 11 aromatic rings. The van der Waals surface area contributed by atoms with Crippen LogP contribution in [-0.2, 0) is 0 Å². The SMILES string of the molecule is c1ccc(-c2cc(-c3ccccc3)nc(-c3ccc(-c4cccc(-c5c(-c6ccccc6)n6nc(-c7ccccc7)c(-c7ccccc7)c6c6ccccc56)c4)cc3)n2)cc1. The lowest BCUT2D eigenvalue weighted by Crippen LogP contribution is -2.00. The Morgan fingerprint density at radius 2 is 0.754 bits per heavy atom. The van der Waals surface area contributed by atoms with Gasteiger partial charge in [0, 0.05) is 44.3 Å². The highest BCUT2D eigenvalue weighted by atomic mass is 15.2. The molecule has 11 rings (SSSR count). The van der Waals surface area contributed by atoms with Gasteiger partial charge >= 0.3 is 0 Å². The molecule has 0 saturated carbocycles. The van der Waals surface area contributed by atoms with Gasteiger partial charge in [-0.15, -0.1) is 0 Å². The summed E-state index contributed by atoms with van der Waals surface area (Å²) in [6.45, 7) is 0. The van der Waals surface area contributed by atoms with E-state index < -0.39 is 0 Å². The normalized spacial score (nSPS) is 11.3. The Morgan fingerprint density at radius 3 is 1.34 bits per heavy atom. The smallest absolute Gasteiger partial charge is 0.160 e. The highest BCUT2D eigenvalue weighted by Gasteiger charge is 2.25. The van der Waals surface area contributed by atoms with Crippen molar-refractivity contribution in [3.8, 4) is 89.8 Å². The summed E-state index contributed by atoms with van der Waals surface area (Å²) in [5.74, 6) is 0.691. The van der Waals surface area contributed by atoms with Gasteiger partial charge in [-0.2, -0.15) is 5.10 Å². The molecule has 286 valence electrons. The minimum absolute atomic E-state index is 0.691. The van der Waals surface area contributed by atoms with Gasteiger partial charge in [0.2, 0.25) is 0 Å². The van der Waals surface area contributed by atoms with Gasteiger partial charge in [-0.05, 0) is 39.8 Å². The second-order valence-corrected chi connectivity index (χ2v) is 15.2. The highest BCUT2D eigenvalue weighted by molar-refractivity contribution is 6.15. The van der Waals surface area contributed by atoms with Crippen molar-refractivity contribution in [2.24, 2.45) is 0 Å². The first kappa shape index (κ1) is 35.9. The van der Waals surface area contributed by atoms with Crippen molar-refractivity contribution in [2.75, 3.05) is 0 Å². The van der Waals surface area contributed by atoms with E-state index in [1.54, 1.807) is 0 Å². The maximum Gasteiger partial charge on any atom is 0.160 e. The monoisotopic (exact) mass is 778 g/mol. The Hall–Kier alpha value is -8.21. The van der Waals surface area contributed by atoms with Gasteiger partial charge in [0.25, 0.3) is 0 Å². The third kappa shape index (κ3) is 6.67. The Balaban J connectivity index is 1.08. The summed E-state index contributed by atoms with van der Waals surface area (Å²) in [5, 5.41) is 7.86. The molecule has 0 unspecified atom stereocenters. The van der Waals surface area contributed by atoms with Gasteiger partial charge in [-0.1, -0.05) is 218 Å². The van der Waals surface area contributed by atoms with E-state index in [0.29, 0.717) is 5.82 Å². The molecule has 0 bridgehead atoms. The molecule has 0 N–H and O–H groups in total. The van der Waals surface area contributed by atoms with Gasteiger partial charge in [0.15, 0.2) is 5.82 Å². The van der Waals surface area contributed by atoms with E-state index in [0.717, 1.165) is 94.9 Å². The summed E-state index contributed by atoms with van der Waals surface area (Å²) >= 11 is 0. The van der Waals surface area contributed by atoms with E-state index in [2.05, 4.69) is 199 Å².